The lowest BCUT2D eigenvalue weighted by atomic mass is 10.1. The van der Waals surface area contributed by atoms with Crippen LogP contribution in [0.4, 0.5) is 32.0 Å². The van der Waals surface area contributed by atoms with Crippen molar-refractivity contribution in [2.75, 3.05) is 5.32 Å². The number of nitrogens with one attached hydrogen (secondary N) is 1. The van der Waals surface area contributed by atoms with Crippen LogP contribution in [0.25, 0.3) is 5.69 Å². The maximum Gasteiger partial charge on any atom is 0.573 e. The minimum atomic E-state index is -5.03. The molecule has 11 heteroatoms. The zero-order chi connectivity index (χ0) is 23.8. The summed E-state index contributed by atoms with van der Waals surface area (Å²) in [5.74, 6) is -1.56. The van der Waals surface area contributed by atoms with Gasteiger partial charge in [0.2, 0.25) is 0 Å². The molecule has 0 saturated carbocycles. The van der Waals surface area contributed by atoms with Gasteiger partial charge in [0.1, 0.15) is 0 Å². The molecule has 0 aliphatic rings. The first kappa shape index (κ1) is 23.5. The number of aryl methyl sites for hydroxylation is 1. The van der Waals surface area contributed by atoms with Gasteiger partial charge in [0.25, 0.3) is 5.91 Å². The van der Waals surface area contributed by atoms with Gasteiger partial charge in [-0.1, -0.05) is 23.7 Å². The van der Waals surface area contributed by atoms with Crippen LogP contribution in [0.15, 0.2) is 48.5 Å². The Balaban J connectivity index is 2.00. The number of halogens is 7. The van der Waals surface area contributed by atoms with Gasteiger partial charge in [-0.2, -0.15) is 13.2 Å². The number of aromatic nitrogens is 1. The van der Waals surface area contributed by atoms with Crippen molar-refractivity contribution in [3.8, 4) is 11.4 Å². The second kappa shape index (κ2) is 8.42. The molecule has 0 fully saturated rings. The van der Waals surface area contributed by atoms with E-state index in [-0.39, 0.29) is 27.7 Å². The smallest absolute Gasteiger partial charge is 0.404 e. The number of amides is 1. The first-order chi connectivity index (χ1) is 14.8. The van der Waals surface area contributed by atoms with Crippen molar-refractivity contribution in [1.29, 1.82) is 0 Å². The zero-order valence-corrected chi connectivity index (χ0v) is 17.3. The van der Waals surface area contributed by atoms with Gasteiger partial charge in [-0.15, -0.1) is 13.2 Å². The summed E-state index contributed by atoms with van der Waals surface area (Å²) in [7, 11) is 0. The van der Waals surface area contributed by atoms with Gasteiger partial charge in [-0.3, -0.25) is 4.79 Å². The molecule has 0 radical (unpaired) electrons. The highest BCUT2D eigenvalue weighted by atomic mass is 35.5. The third kappa shape index (κ3) is 5.01. The average Bonchev–Trinajstić information content (AvgIpc) is 2.96. The lowest BCUT2D eigenvalue weighted by Crippen LogP contribution is -2.20. The molecule has 0 unspecified atom stereocenters. The van der Waals surface area contributed by atoms with Gasteiger partial charge in [-0.05, 0) is 44.2 Å². The van der Waals surface area contributed by atoms with Gasteiger partial charge in [0.05, 0.1) is 22.5 Å². The Morgan fingerprint density at radius 1 is 1.00 bits per heavy atom. The Labute approximate surface area is 183 Å². The van der Waals surface area contributed by atoms with Gasteiger partial charge < -0.3 is 14.6 Å². The number of benzene rings is 2. The average molecular weight is 477 g/mol. The number of carbonyl (C=O) groups is 1. The summed E-state index contributed by atoms with van der Waals surface area (Å²) >= 11 is 5.71. The quantitative estimate of drug-likeness (QED) is 0.415. The molecule has 3 rings (SSSR count). The van der Waals surface area contributed by atoms with Gasteiger partial charge in [0, 0.05) is 22.5 Å². The van der Waals surface area contributed by atoms with E-state index >= 15 is 0 Å². The summed E-state index contributed by atoms with van der Waals surface area (Å²) in [4.78, 5) is 12.8. The van der Waals surface area contributed by atoms with Crippen LogP contribution in [0, 0.1) is 13.8 Å². The van der Waals surface area contributed by atoms with Crippen molar-refractivity contribution in [2.24, 2.45) is 0 Å². The predicted octanol–water partition coefficient (Wildman–Crippen LogP) is 6.92. The molecule has 4 nitrogen and oxygen atoms in total. The molecular weight excluding hydrogens is 462 g/mol. The Hall–Kier alpha value is -3.14. The first-order valence-corrected chi connectivity index (χ1v) is 9.38. The SMILES string of the molecule is Cc1cc(C(=O)Nc2ccc(Cl)cc2OC(F)(F)F)c(C)n1-c1ccccc1C(F)(F)F. The van der Waals surface area contributed by atoms with E-state index < -0.39 is 29.8 Å². The minimum absolute atomic E-state index is 0.0209. The van der Waals surface area contributed by atoms with Crippen molar-refractivity contribution in [3.63, 3.8) is 0 Å². The molecule has 170 valence electrons. The summed E-state index contributed by atoms with van der Waals surface area (Å²) in [6, 6.07) is 9.46. The van der Waals surface area contributed by atoms with E-state index in [1.807, 2.05) is 0 Å². The second-order valence-electron chi connectivity index (χ2n) is 6.78. The van der Waals surface area contributed by atoms with E-state index in [4.69, 9.17) is 11.6 Å². The number of alkyl halides is 6. The molecule has 0 atom stereocenters. The molecule has 2 aromatic carbocycles. The van der Waals surface area contributed by atoms with Crippen LogP contribution in [0.5, 0.6) is 5.75 Å². The number of ether oxygens (including phenoxy) is 1. The first-order valence-electron chi connectivity index (χ1n) is 9.00. The van der Waals surface area contributed by atoms with Crippen LogP contribution in [0.3, 0.4) is 0 Å². The van der Waals surface area contributed by atoms with E-state index in [0.29, 0.717) is 5.69 Å². The largest absolute Gasteiger partial charge is 0.573 e. The van der Waals surface area contributed by atoms with Crippen molar-refractivity contribution in [3.05, 3.63) is 76.1 Å². The molecule has 1 N–H and O–H groups in total. The third-order valence-corrected chi connectivity index (χ3v) is 4.78. The lowest BCUT2D eigenvalue weighted by Gasteiger charge is -2.17. The molecule has 32 heavy (non-hydrogen) atoms. The van der Waals surface area contributed by atoms with Crippen molar-refractivity contribution in [2.45, 2.75) is 26.4 Å². The van der Waals surface area contributed by atoms with E-state index in [0.717, 1.165) is 18.2 Å². The summed E-state index contributed by atoms with van der Waals surface area (Å²) in [6.07, 6.45) is -9.66. The Kier molecular flexibility index (Phi) is 6.19. The van der Waals surface area contributed by atoms with Crippen LogP contribution in [-0.2, 0) is 6.18 Å². The van der Waals surface area contributed by atoms with Crippen LogP contribution >= 0.6 is 11.6 Å². The fraction of sp³-hybridized carbons (Fsp3) is 0.190. The summed E-state index contributed by atoms with van der Waals surface area (Å²) in [5, 5.41) is 2.24. The van der Waals surface area contributed by atoms with Crippen LogP contribution in [0.1, 0.15) is 27.3 Å². The number of hydrogen-bond acceptors (Lipinski definition) is 2. The molecule has 0 saturated heterocycles. The number of hydrogen-bond donors (Lipinski definition) is 1. The Morgan fingerprint density at radius 2 is 1.66 bits per heavy atom. The van der Waals surface area contributed by atoms with Crippen molar-refractivity contribution >= 4 is 23.2 Å². The zero-order valence-electron chi connectivity index (χ0n) is 16.5. The van der Waals surface area contributed by atoms with E-state index in [2.05, 4.69) is 10.1 Å². The monoisotopic (exact) mass is 476 g/mol. The highest BCUT2D eigenvalue weighted by Gasteiger charge is 2.35. The second-order valence-corrected chi connectivity index (χ2v) is 7.21. The minimum Gasteiger partial charge on any atom is -0.404 e. The molecule has 0 spiro atoms. The van der Waals surface area contributed by atoms with Crippen LogP contribution < -0.4 is 10.1 Å². The third-order valence-electron chi connectivity index (χ3n) is 4.54. The highest BCUT2D eigenvalue weighted by Crippen LogP contribution is 2.36. The summed E-state index contributed by atoms with van der Waals surface area (Å²) < 4.78 is 83.6. The number of rotatable bonds is 4. The summed E-state index contributed by atoms with van der Waals surface area (Å²) in [6.45, 7) is 2.95. The maximum atomic E-state index is 13.5. The highest BCUT2D eigenvalue weighted by molar-refractivity contribution is 6.30. The number of carbonyl (C=O) groups excluding carboxylic acids is 1. The molecule has 0 bridgehead atoms. The van der Waals surface area contributed by atoms with Gasteiger partial charge in [-0.25, -0.2) is 0 Å². The van der Waals surface area contributed by atoms with E-state index in [1.165, 1.54) is 48.7 Å². The van der Waals surface area contributed by atoms with E-state index in [1.54, 1.807) is 0 Å². The maximum absolute atomic E-state index is 13.5. The van der Waals surface area contributed by atoms with E-state index in [9.17, 15) is 31.1 Å². The molecule has 1 aromatic heterocycles. The fourth-order valence-corrected chi connectivity index (χ4v) is 3.43. The normalized spacial score (nSPS) is 12.0. The van der Waals surface area contributed by atoms with Crippen LogP contribution in [-0.4, -0.2) is 16.8 Å². The molecule has 3 aromatic rings. The fourth-order valence-electron chi connectivity index (χ4n) is 3.27. The van der Waals surface area contributed by atoms with Gasteiger partial charge in [0.15, 0.2) is 5.75 Å². The van der Waals surface area contributed by atoms with Gasteiger partial charge >= 0.3 is 12.5 Å². The number of anilines is 1. The molecule has 1 heterocycles. The molecule has 1 amide bonds. The lowest BCUT2D eigenvalue weighted by molar-refractivity contribution is -0.274. The van der Waals surface area contributed by atoms with Crippen molar-refractivity contribution in [1.82, 2.24) is 4.57 Å². The predicted molar refractivity (Wildman–Crippen MR) is 106 cm³/mol. The number of nitrogens with zero attached hydrogens (tertiary/aromatic N) is 1. The van der Waals surface area contributed by atoms with Crippen molar-refractivity contribution < 1.29 is 35.9 Å². The van der Waals surface area contributed by atoms with Crippen LogP contribution in [0.2, 0.25) is 5.02 Å². The standard InChI is InChI=1S/C21H15ClF6N2O2/c1-11-9-14(12(2)30(11)17-6-4-3-5-15(17)20(23,24)25)19(31)29-16-8-7-13(22)10-18(16)32-21(26,27)28/h3-10H,1-2H3,(H,29,31). The Bertz CT molecular complexity index is 1170. The Morgan fingerprint density at radius 3 is 2.28 bits per heavy atom. The number of para-hydroxylation sites is 1. The topological polar surface area (TPSA) is 43.3 Å². The molecule has 0 aliphatic carbocycles. The summed E-state index contributed by atoms with van der Waals surface area (Å²) in [5.41, 5.74) is -0.908. The molecule has 0 aliphatic heterocycles. The molecular formula is C21H15ClF6N2O2.